The predicted molar refractivity (Wildman–Crippen MR) is 139 cm³/mol. The van der Waals surface area contributed by atoms with Crippen LogP contribution in [0, 0.1) is 19.8 Å². The molecule has 0 atom stereocenters. The lowest BCUT2D eigenvalue weighted by molar-refractivity contribution is -0.137. The number of hydrogen-bond donors (Lipinski definition) is 0. The Kier molecular flexibility index (Phi) is 11.5. The van der Waals surface area contributed by atoms with E-state index in [0.717, 1.165) is 25.3 Å². The number of rotatable bonds is 13. The molecular weight excluding hydrogens is 466 g/mol. The molecule has 1 fully saturated rings. The van der Waals surface area contributed by atoms with Crippen molar-refractivity contribution in [1.82, 2.24) is 14.1 Å². The minimum absolute atomic E-state index is 0.0340. The van der Waals surface area contributed by atoms with Crippen molar-refractivity contribution < 1.29 is 22.7 Å². The zero-order chi connectivity index (χ0) is 26.2. The number of nitrogens with zero attached hydrogens (tertiary/aromatic N) is 3. The Morgan fingerprint density at radius 2 is 1.60 bits per heavy atom. The summed E-state index contributed by atoms with van der Waals surface area (Å²) >= 11 is 0. The van der Waals surface area contributed by atoms with Gasteiger partial charge in [0.25, 0.3) is 0 Å². The van der Waals surface area contributed by atoms with Crippen molar-refractivity contribution in [3.05, 3.63) is 23.3 Å². The average Bonchev–Trinajstić information content (AvgIpc) is 2.80. The number of ether oxygens (including phenoxy) is 2. The fraction of sp³-hybridized carbons (Fsp3) is 0.731. The molecule has 0 N–H and O–H groups in total. The molecule has 2 rings (SSSR count). The highest BCUT2D eigenvalue weighted by atomic mass is 32.2. The van der Waals surface area contributed by atoms with Gasteiger partial charge in [-0.05, 0) is 102 Å². The Bertz CT molecular complexity index is 904. The molecule has 9 heteroatoms. The molecule has 1 aromatic carbocycles. The Labute approximate surface area is 212 Å². The summed E-state index contributed by atoms with van der Waals surface area (Å²) in [6.07, 6.45) is 6.91. The van der Waals surface area contributed by atoms with Crippen molar-refractivity contribution >= 4 is 15.9 Å². The topological polar surface area (TPSA) is 79.4 Å². The molecule has 0 saturated heterocycles. The molecule has 1 aliphatic carbocycles. The number of likely N-dealkylation sites (N-methyl/N-ethyl adjacent to an activating group) is 2. The molecule has 0 spiro atoms. The number of methoxy groups -OCH3 is 1. The van der Waals surface area contributed by atoms with Crippen LogP contribution in [0.4, 0.5) is 0 Å². The first-order valence-corrected chi connectivity index (χ1v) is 14.0. The fourth-order valence-corrected chi connectivity index (χ4v) is 6.44. The first-order valence-electron chi connectivity index (χ1n) is 12.6. The lowest BCUT2D eigenvalue weighted by Crippen LogP contribution is -2.41. The van der Waals surface area contributed by atoms with Crippen LogP contribution in [-0.2, 0) is 19.6 Å². The summed E-state index contributed by atoms with van der Waals surface area (Å²) in [4.78, 5) is 17.0. The average molecular weight is 512 g/mol. The van der Waals surface area contributed by atoms with Crippen molar-refractivity contribution in [1.29, 1.82) is 0 Å². The van der Waals surface area contributed by atoms with Gasteiger partial charge < -0.3 is 19.3 Å². The molecule has 0 radical (unpaired) electrons. The molecule has 200 valence electrons. The van der Waals surface area contributed by atoms with Crippen LogP contribution in [0.15, 0.2) is 17.0 Å². The summed E-state index contributed by atoms with van der Waals surface area (Å²) in [6, 6.07) is 3.70. The third kappa shape index (κ3) is 8.44. The standard InChI is InChI=1S/C26H45N3O5S/c1-20-17-24(33-7)18-21(2)26(20)35(31,32)28(5)15-16-34-19-25(30)29(6)23-12-10-22(11-13-23)9-8-14-27(3)4/h17-18,22-23H,8-16,19H2,1-7H3. The Hall–Kier alpha value is -1.68. The minimum Gasteiger partial charge on any atom is -0.497 e. The lowest BCUT2D eigenvalue weighted by atomic mass is 9.83. The zero-order valence-corrected chi connectivity index (χ0v) is 23.5. The zero-order valence-electron chi connectivity index (χ0n) is 22.7. The SMILES string of the molecule is COc1cc(C)c(S(=O)(=O)N(C)CCOCC(=O)N(C)C2CCC(CCCN(C)C)CC2)c(C)c1. The quantitative estimate of drug-likeness (QED) is 0.378. The lowest BCUT2D eigenvalue weighted by Gasteiger charge is -2.35. The van der Waals surface area contributed by atoms with Crippen LogP contribution in [0.5, 0.6) is 5.75 Å². The van der Waals surface area contributed by atoms with E-state index >= 15 is 0 Å². The van der Waals surface area contributed by atoms with Crippen LogP contribution in [0.25, 0.3) is 0 Å². The van der Waals surface area contributed by atoms with E-state index < -0.39 is 10.0 Å². The van der Waals surface area contributed by atoms with E-state index in [4.69, 9.17) is 9.47 Å². The summed E-state index contributed by atoms with van der Waals surface area (Å²) in [5.41, 5.74) is 1.28. The van der Waals surface area contributed by atoms with Crippen molar-refractivity contribution in [2.45, 2.75) is 63.3 Å². The molecule has 8 nitrogen and oxygen atoms in total. The maximum absolute atomic E-state index is 13.1. The van der Waals surface area contributed by atoms with E-state index in [0.29, 0.717) is 16.9 Å². The smallest absolute Gasteiger partial charge is 0.248 e. The number of carbonyl (C=O) groups is 1. The Morgan fingerprint density at radius 3 is 2.14 bits per heavy atom. The first-order chi connectivity index (χ1) is 16.5. The van der Waals surface area contributed by atoms with Crippen LogP contribution < -0.4 is 4.74 Å². The highest BCUT2D eigenvalue weighted by Crippen LogP contribution is 2.30. The molecule has 1 aromatic rings. The van der Waals surface area contributed by atoms with Gasteiger partial charge in [0, 0.05) is 26.7 Å². The van der Waals surface area contributed by atoms with E-state index in [9.17, 15) is 13.2 Å². The van der Waals surface area contributed by atoms with Gasteiger partial charge in [-0.1, -0.05) is 0 Å². The number of carbonyl (C=O) groups excluding carboxylic acids is 1. The van der Waals surface area contributed by atoms with Gasteiger partial charge in [-0.25, -0.2) is 8.42 Å². The van der Waals surface area contributed by atoms with Gasteiger partial charge in [-0.15, -0.1) is 0 Å². The summed E-state index contributed by atoms with van der Waals surface area (Å²) < 4.78 is 38.3. The molecule has 1 amide bonds. The van der Waals surface area contributed by atoms with Crippen LogP contribution in [-0.4, -0.2) is 96.1 Å². The van der Waals surface area contributed by atoms with Gasteiger partial charge in [0.2, 0.25) is 15.9 Å². The van der Waals surface area contributed by atoms with Gasteiger partial charge in [0.05, 0.1) is 18.6 Å². The molecule has 0 aliphatic heterocycles. The Balaban J connectivity index is 1.76. The molecule has 0 heterocycles. The van der Waals surface area contributed by atoms with Crippen molar-refractivity contribution in [3.8, 4) is 5.75 Å². The molecular formula is C26H45N3O5S. The number of amides is 1. The second-order valence-electron chi connectivity index (χ2n) is 10.1. The molecule has 0 aromatic heterocycles. The van der Waals surface area contributed by atoms with Crippen molar-refractivity contribution in [2.75, 3.05) is 61.6 Å². The van der Waals surface area contributed by atoms with Crippen LogP contribution in [0.2, 0.25) is 0 Å². The largest absolute Gasteiger partial charge is 0.497 e. The maximum atomic E-state index is 13.1. The van der Waals surface area contributed by atoms with Gasteiger partial charge in [-0.3, -0.25) is 4.79 Å². The number of sulfonamides is 1. The minimum atomic E-state index is -3.68. The predicted octanol–water partition coefficient (Wildman–Crippen LogP) is 3.31. The molecule has 35 heavy (non-hydrogen) atoms. The van der Waals surface area contributed by atoms with Crippen LogP contribution in [0.1, 0.15) is 49.7 Å². The van der Waals surface area contributed by atoms with E-state index in [1.807, 2.05) is 11.9 Å². The highest BCUT2D eigenvalue weighted by molar-refractivity contribution is 7.89. The number of benzene rings is 1. The van der Waals surface area contributed by atoms with E-state index in [2.05, 4.69) is 19.0 Å². The van der Waals surface area contributed by atoms with Crippen molar-refractivity contribution in [3.63, 3.8) is 0 Å². The molecule has 0 unspecified atom stereocenters. The monoisotopic (exact) mass is 511 g/mol. The van der Waals surface area contributed by atoms with Crippen molar-refractivity contribution in [2.24, 2.45) is 5.92 Å². The van der Waals surface area contributed by atoms with Crippen LogP contribution in [0.3, 0.4) is 0 Å². The number of hydrogen-bond acceptors (Lipinski definition) is 6. The van der Waals surface area contributed by atoms with Crippen LogP contribution >= 0.6 is 0 Å². The molecule has 1 aliphatic rings. The molecule has 1 saturated carbocycles. The second kappa shape index (κ2) is 13.6. The summed E-state index contributed by atoms with van der Waals surface area (Å²) in [6.45, 7) is 4.95. The maximum Gasteiger partial charge on any atom is 0.248 e. The van der Waals surface area contributed by atoms with Gasteiger partial charge in [0.1, 0.15) is 12.4 Å². The fourth-order valence-electron chi connectivity index (χ4n) is 4.89. The third-order valence-electron chi connectivity index (χ3n) is 7.09. The highest BCUT2D eigenvalue weighted by Gasteiger charge is 2.27. The first kappa shape index (κ1) is 29.5. The van der Waals surface area contributed by atoms with Gasteiger partial charge in [0.15, 0.2) is 0 Å². The summed E-state index contributed by atoms with van der Waals surface area (Å²) in [5, 5.41) is 0. The van der Waals surface area contributed by atoms with E-state index in [-0.39, 0.29) is 36.6 Å². The van der Waals surface area contributed by atoms with Gasteiger partial charge in [-0.2, -0.15) is 4.31 Å². The molecule has 0 bridgehead atoms. The third-order valence-corrected chi connectivity index (χ3v) is 9.25. The summed E-state index contributed by atoms with van der Waals surface area (Å²) in [5.74, 6) is 1.35. The normalized spacial score (nSPS) is 18.8. The summed E-state index contributed by atoms with van der Waals surface area (Å²) in [7, 11) is 5.49. The second-order valence-corrected chi connectivity index (χ2v) is 12.1. The van der Waals surface area contributed by atoms with Gasteiger partial charge >= 0.3 is 0 Å². The van der Waals surface area contributed by atoms with E-state index in [1.165, 1.54) is 37.0 Å². The Morgan fingerprint density at radius 1 is 1.00 bits per heavy atom. The van der Waals surface area contributed by atoms with E-state index in [1.54, 1.807) is 33.1 Å². The number of aryl methyl sites for hydroxylation is 2.